The Labute approximate surface area is 140 Å². The molecule has 22 heavy (non-hydrogen) atoms. The fourth-order valence-corrected chi connectivity index (χ4v) is 2.62. The highest BCUT2D eigenvalue weighted by molar-refractivity contribution is 9.10. The van der Waals surface area contributed by atoms with Crippen LogP contribution in [0.3, 0.4) is 0 Å². The number of nitrogens with one attached hydrogen (secondary N) is 2. The fourth-order valence-electron chi connectivity index (χ4n) is 1.99. The molecule has 1 aromatic heterocycles. The molecule has 0 spiro atoms. The molecule has 110 valence electrons. The van der Waals surface area contributed by atoms with Crippen molar-refractivity contribution in [2.75, 3.05) is 5.32 Å². The number of carbonyl (C=O) groups excluding carboxylic acids is 1. The van der Waals surface area contributed by atoms with E-state index in [2.05, 4.69) is 31.4 Å². The number of aromatic nitrogens is 2. The maximum Gasteiger partial charge on any atom is 0.256 e. The molecule has 2 N–H and O–H groups in total. The van der Waals surface area contributed by atoms with Crippen LogP contribution in [0.5, 0.6) is 0 Å². The van der Waals surface area contributed by atoms with Crippen LogP contribution in [0.1, 0.15) is 10.4 Å². The van der Waals surface area contributed by atoms with Crippen LogP contribution in [0, 0.1) is 0 Å². The summed E-state index contributed by atoms with van der Waals surface area (Å²) in [5.74, 6) is 0.231. The molecule has 0 unspecified atom stereocenters. The average molecular weight is 377 g/mol. The van der Waals surface area contributed by atoms with E-state index < -0.39 is 0 Å². The van der Waals surface area contributed by atoms with Crippen molar-refractivity contribution < 1.29 is 4.79 Å². The van der Waals surface area contributed by atoms with E-state index in [0.717, 1.165) is 11.3 Å². The summed E-state index contributed by atoms with van der Waals surface area (Å²) in [6.45, 7) is 0. The van der Waals surface area contributed by atoms with Crippen LogP contribution in [0.2, 0.25) is 5.02 Å². The Morgan fingerprint density at radius 3 is 2.45 bits per heavy atom. The van der Waals surface area contributed by atoms with Crippen LogP contribution < -0.4 is 5.32 Å². The van der Waals surface area contributed by atoms with E-state index in [4.69, 9.17) is 11.6 Å². The summed E-state index contributed by atoms with van der Waals surface area (Å²) in [5.41, 5.74) is 2.27. The number of amides is 1. The van der Waals surface area contributed by atoms with Crippen molar-refractivity contribution in [3.05, 3.63) is 69.7 Å². The van der Waals surface area contributed by atoms with Crippen molar-refractivity contribution in [3.63, 3.8) is 0 Å². The summed E-state index contributed by atoms with van der Waals surface area (Å²) in [4.78, 5) is 12.2. The minimum absolute atomic E-state index is 0.213. The predicted molar refractivity (Wildman–Crippen MR) is 91.1 cm³/mol. The van der Waals surface area contributed by atoms with Gasteiger partial charge < -0.3 is 5.32 Å². The van der Waals surface area contributed by atoms with Crippen LogP contribution >= 0.6 is 27.5 Å². The Balaban J connectivity index is 1.85. The molecule has 4 nitrogen and oxygen atoms in total. The van der Waals surface area contributed by atoms with Crippen molar-refractivity contribution in [3.8, 4) is 11.3 Å². The molecular weight excluding hydrogens is 366 g/mol. The number of carbonyl (C=O) groups is 1. The standard InChI is InChI=1S/C16H11BrClN3O/c17-13-14(10-6-8-12(18)9-7-10)20-21-15(13)19-16(22)11-4-2-1-3-5-11/h1-9H,(H2,19,20,21,22). The van der Waals surface area contributed by atoms with Gasteiger partial charge in [0.15, 0.2) is 5.82 Å². The average Bonchev–Trinajstić information content (AvgIpc) is 2.90. The maximum atomic E-state index is 12.2. The molecule has 3 aromatic rings. The van der Waals surface area contributed by atoms with Crippen LogP contribution in [0.4, 0.5) is 5.82 Å². The Morgan fingerprint density at radius 2 is 1.77 bits per heavy atom. The van der Waals surface area contributed by atoms with Crippen LogP contribution in [-0.2, 0) is 0 Å². The van der Waals surface area contributed by atoms with Gasteiger partial charge in [0.25, 0.3) is 5.91 Å². The number of halogens is 2. The van der Waals surface area contributed by atoms with E-state index in [1.807, 2.05) is 30.3 Å². The zero-order valence-corrected chi connectivity index (χ0v) is 13.6. The highest BCUT2D eigenvalue weighted by Gasteiger charge is 2.15. The monoisotopic (exact) mass is 375 g/mol. The van der Waals surface area contributed by atoms with Gasteiger partial charge in [0.1, 0.15) is 0 Å². The Kier molecular flexibility index (Phi) is 4.27. The topological polar surface area (TPSA) is 57.8 Å². The smallest absolute Gasteiger partial charge is 0.256 e. The first kappa shape index (κ1) is 14.8. The molecule has 0 bridgehead atoms. The normalized spacial score (nSPS) is 10.5. The van der Waals surface area contributed by atoms with Gasteiger partial charge in [-0.15, -0.1) is 0 Å². The summed E-state index contributed by atoms with van der Waals surface area (Å²) < 4.78 is 0.694. The number of hydrogen-bond acceptors (Lipinski definition) is 2. The summed E-state index contributed by atoms with van der Waals surface area (Å²) in [6, 6.07) is 16.3. The zero-order valence-electron chi connectivity index (χ0n) is 11.3. The van der Waals surface area contributed by atoms with Crippen molar-refractivity contribution in [1.82, 2.24) is 10.2 Å². The first-order valence-electron chi connectivity index (χ1n) is 6.51. The lowest BCUT2D eigenvalue weighted by molar-refractivity contribution is 0.102. The predicted octanol–water partition coefficient (Wildman–Crippen LogP) is 4.74. The van der Waals surface area contributed by atoms with Gasteiger partial charge in [0, 0.05) is 16.1 Å². The van der Waals surface area contributed by atoms with Gasteiger partial charge in [-0.25, -0.2) is 0 Å². The third kappa shape index (κ3) is 3.05. The molecule has 1 amide bonds. The Hall–Kier alpha value is -2.11. The summed E-state index contributed by atoms with van der Waals surface area (Å²) in [6.07, 6.45) is 0. The highest BCUT2D eigenvalue weighted by Crippen LogP contribution is 2.32. The molecule has 0 radical (unpaired) electrons. The molecule has 0 saturated carbocycles. The largest absolute Gasteiger partial charge is 0.304 e. The number of anilines is 1. The van der Waals surface area contributed by atoms with Crippen molar-refractivity contribution in [1.29, 1.82) is 0 Å². The second-order valence-corrected chi connectivity index (χ2v) is 5.82. The van der Waals surface area contributed by atoms with Gasteiger partial charge in [0.2, 0.25) is 0 Å². The molecule has 0 atom stereocenters. The molecular formula is C16H11BrClN3O. The Morgan fingerprint density at radius 1 is 1.09 bits per heavy atom. The number of rotatable bonds is 3. The van der Waals surface area contributed by atoms with Crippen molar-refractivity contribution in [2.45, 2.75) is 0 Å². The molecule has 2 aromatic carbocycles. The van der Waals surface area contributed by atoms with Crippen LogP contribution in [0.25, 0.3) is 11.3 Å². The number of nitrogens with zero attached hydrogens (tertiary/aromatic N) is 1. The Bertz CT molecular complexity index is 800. The lowest BCUT2D eigenvalue weighted by atomic mass is 10.1. The number of aromatic amines is 1. The highest BCUT2D eigenvalue weighted by atomic mass is 79.9. The summed E-state index contributed by atoms with van der Waals surface area (Å²) in [5, 5.41) is 10.5. The molecule has 0 aliphatic heterocycles. The molecule has 6 heteroatoms. The number of benzene rings is 2. The molecule has 1 heterocycles. The minimum Gasteiger partial charge on any atom is -0.304 e. The second-order valence-electron chi connectivity index (χ2n) is 4.59. The van der Waals surface area contributed by atoms with E-state index in [9.17, 15) is 4.79 Å². The lowest BCUT2D eigenvalue weighted by Crippen LogP contribution is -2.12. The third-order valence-corrected chi connectivity index (χ3v) is 4.13. The van der Waals surface area contributed by atoms with E-state index in [-0.39, 0.29) is 5.91 Å². The molecule has 0 aliphatic rings. The van der Waals surface area contributed by atoms with Crippen molar-refractivity contribution in [2.24, 2.45) is 0 Å². The SMILES string of the molecule is O=C(Nc1n[nH]c(-c2ccc(Cl)cc2)c1Br)c1ccccc1. The molecule has 0 saturated heterocycles. The van der Waals surface area contributed by atoms with Crippen LogP contribution in [-0.4, -0.2) is 16.1 Å². The van der Waals surface area contributed by atoms with Gasteiger partial charge in [-0.2, -0.15) is 5.10 Å². The van der Waals surface area contributed by atoms with Gasteiger partial charge in [-0.1, -0.05) is 41.9 Å². The zero-order chi connectivity index (χ0) is 15.5. The maximum absolute atomic E-state index is 12.2. The lowest BCUT2D eigenvalue weighted by Gasteiger charge is -2.03. The van der Waals surface area contributed by atoms with E-state index in [1.54, 1.807) is 24.3 Å². The first-order valence-corrected chi connectivity index (χ1v) is 7.68. The second kappa shape index (κ2) is 6.34. The van der Waals surface area contributed by atoms with Crippen LogP contribution in [0.15, 0.2) is 59.1 Å². The van der Waals surface area contributed by atoms with E-state index >= 15 is 0 Å². The van der Waals surface area contributed by atoms with Gasteiger partial charge in [-0.3, -0.25) is 9.89 Å². The van der Waals surface area contributed by atoms with Gasteiger partial charge in [-0.05, 0) is 40.2 Å². The van der Waals surface area contributed by atoms with E-state index in [1.165, 1.54) is 0 Å². The minimum atomic E-state index is -0.213. The van der Waals surface area contributed by atoms with Crippen molar-refractivity contribution >= 4 is 39.3 Å². The molecule has 0 aliphatic carbocycles. The summed E-state index contributed by atoms with van der Waals surface area (Å²) >= 11 is 9.35. The quantitative estimate of drug-likeness (QED) is 0.693. The number of H-pyrrole nitrogens is 1. The van der Waals surface area contributed by atoms with Gasteiger partial charge >= 0.3 is 0 Å². The fraction of sp³-hybridized carbons (Fsp3) is 0. The molecule has 0 fully saturated rings. The third-order valence-electron chi connectivity index (χ3n) is 3.11. The van der Waals surface area contributed by atoms with E-state index in [0.29, 0.717) is 20.9 Å². The summed E-state index contributed by atoms with van der Waals surface area (Å²) in [7, 11) is 0. The van der Waals surface area contributed by atoms with Gasteiger partial charge in [0.05, 0.1) is 10.2 Å². The molecule has 3 rings (SSSR count). The first-order chi connectivity index (χ1) is 10.6. The number of hydrogen-bond donors (Lipinski definition) is 2.